The molecule has 0 bridgehead atoms. The van der Waals surface area contributed by atoms with Gasteiger partial charge in [0.25, 0.3) is 0 Å². The standard InChI is InChI=1S/C57H60O12.C49H44O8/c1-2-4-40(5-3-1)41-6-8-44(9-7-41)57(53-30-45(14-20-55(53)64-28-24-60-34-51-38-68-51)42-10-16-47(17-11-42)62-26-22-58-32-49-36-66-49)54-31-46(15-21-56(54)65-29-25-61-35-52-39-69-52)43-12-18-48(19-13-43)63-27-23-59-33-50-37-67-50;1-2-4-32(5-3-1)33-6-8-36(9-7-33)49(45-22-37(14-20-47(45)56-30-43-28-54-43)34-10-16-39(17-11-34)50-24-41-26-52-41)46-23-38(15-21-48(46)57-31-44-29-55-44)35-12-18-40(19-13-35)51-25-42-27-53-42/h1-21,30-31,49-52,57H,22-29,32-39H2;1-23,41-44,49H,24-31H2. The van der Waals surface area contributed by atoms with E-state index >= 15 is 0 Å². The van der Waals surface area contributed by atoms with Gasteiger partial charge in [-0.3, -0.25) is 0 Å². The molecular weight excluding hydrogens is 1590 g/mol. The van der Waals surface area contributed by atoms with Gasteiger partial charge < -0.3 is 94.7 Å². The Morgan fingerprint density at radius 3 is 0.667 bits per heavy atom. The maximum Gasteiger partial charge on any atom is 0.123 e. The van der Waals surface area contributed by atoms with Gasteiger partial charge in [-0.15, -0.1) is 0 Å². The smallest absolute Gasteiger partial charge is 0.123 e. The molecule has 8 fully saturated rings. The zero-order chi connectivity index (χ0) is 84.4. The van der Waals surface area contributed by atoms with Crippen molar-refractivity contribution >= 4 is 0 Å². The molecule has 20 heteroatoms. The molecule has 0 saturated carbocycles. The summed E-state index contributed by atoms with van der Waals surface area (Å²) in [6.45, 7) is 13.9. The summed E-state index contributed by atoms with van der Waals surface area (Å²) in [4.78, 5) is 0. The molecule has 8 aliphatic rings. The first-order chi connectivity index (χ1) is 62.4. The second kappa shape index (κ2) is 41.3. The first-order valence-corrected chi connectivity index (χ1v) is 43.9. The lowest BCUT2D eigenvalue weighted by molar-refractivity contribution is 0.0871. The fourth-order valence-electron chi connectivity index (χ4n) is 15.1. The van der Waals surface area contributed by atoms with Crippen molar-refractivity contribution in [2.75, 3.05) is 159 Å². The van der Waals surface area contributed by atoms with Crippen LogP contribution in [-0.4, -0.2) is 207 Å². The Hall–Kier alpha value is -11.4. The molecule has 0 amide bonds. The summed E-state index contributed by atoms with van der Waals surface area (Å²) < 4.78 is 117. The van der Waals surface area contributed by atoms with Crippen molar-refractivity contribution in [1.82, 2.24) is 0 Å². The predicted molar refractivity (Wildman–Crippen MR) is 478 cm³/mol. The zero-order valence-corrected chi connectivity index (χ0v) is 70.5. The molecule has 0 N–H and O–H groups in total. The summed E-state index contributed by atoms with van der Waals surface area (Å²) >= 11 is 0. The second-order valence-corrected chi connectivity index (χ2v) is 32.5. The summed E-state index contributed by atoms with van der Waals surface area (Å²) in [5.41, 5.74) is 19.2. The first-order valence-electron chi connectivity index (χ1n) is 43.9. The summed E-state index contributed by atoms with van der Waals surface area (Å²) in [6, 6.07) is 97.4. The molecule has 20 nitrogen and oxygen atoms in total. The van der Waals surface area contributed by atoms with Gasteiger partial charge in [0.15, 0.2) is 0 Å². The highest BCUT2D eigenvalue weighted by molar-refractivity contribution is 5.75. The molecule has 12 aromatic carbocycles. The number of hydrogen-bond donors (Lipinski definition) is 0. The topological polar surface area (TPSA) is 211 Å². The van der Waals surface area contributed by atoms with E-state index in [0.29, 0.717) is 119 Å². The van der Waals surface area contributed by atoms with Crippen LogP contribution in [0.3, 0.4) is 0 Å². The van der Waals surface area contributed by atoms with Gasteiger partial charge in [0.2, 0.25) is 0 Å². The summed E-state index contributed by atoms with van der Waals surface area (Å²) in [5, 5.41) is 0. The molecule has 0 aromatic heterocycles. The van der Waals surface area contributed by atoms with Crippen LogP contribution in [0.5, 0.6) is 46.0 Å². The molecule has 8 atom stereocenters. The minimum absolute atomic E-state index is 0.0965. The van der Waals surface area contributed by atoms with Crippen molar-refractivity contribution in [3.63, 3.8) is 0 Å². The Morgan fingerprint density at radius 1 is 0.190 bits per heavy atom. The van der Waals surface area contributed by atoms with E-state index in [1.165, 1.54) is 5.56 Å². The predicted octanol–water partition coefficient (Wildman–Crippen LogP) is 18.0. The number of rotatable bonds is 48. The summed E-state index contributed by atoms with van der Waals surface area (Å²) in [7, 11) is 0. The average Bonchev–Trinajstić information content (AvgIpc) is 1.73. The van der Waals surface area contributed by atoms with Crippen molar-refractivity contribution in [3.8, 4) is 113 Å². The van der Waals surface area contributed by atoms with Gasteiger partial charge in [-0.05, 0) is 175 Å². The molecule has 126 heavy (non-hydrogen) atoms. The van der Waals surface area contributed by atoms with Crippen LogP contribution in [-0.2, 0) is 56.8 Å². The van der Waals surface area contributed by atoms with Gasteiger partial charge in [-0.1, -0.05) is 182 Å². The van der Waals surface area contributed by atoms with E-state index in [1.807, 2.05) is 60.7 Å². The first kappa shape index (κ1) is 84.1. The lowest BCUT2D eigenvalue weighted by Crippen LogP contribution is -2.14. The molecule has 8 heterocycles. The Morgan fingerprint density at radius 2 is 0.397 bits per heavy atom. The molecule has 0 spiro atoms. The molecule has 8 saturated heterocycles. The number of epoxide rings is 8. The van der Waals surface area contributed by atoms with E-state index in [-0.39, 0.29) is 60.7 Å². The van der Waals surface area contributed by atoms with Gasteiger partial charge in [0.1, 0.15) is 148 Å². The van der Waals surface area contributed by atoms with E-state index < -0.39 is 0 Å². The average molecular weight is 1700 g/mol. The van der Waals surface area contributed by atoms with Gasteiger partial charge >= 0.3 is 0 Å². The molecular formula is C106H104O20. The van der Waals surface area contributed by atoms with Crippen LogP contribution in [0.2, 0.25) is 0 Å². The largest absolute Gasteiger partial charge is 0.491 e. The zero-order valence-electron chi connectivity index (χ0n) is 70.5. The van der Waals surface area contributed by atoms with E-state index in [1.54, 1.807) is 0 Å². The minimum atomic E-state index is -0.339. The van der Waals surface area contributed by atoms with Gasteiger partial charge in [0, 0.05) is 34.1 Å². The van der Waals surface area contributed by atoms with Crippen LogP contribution in [0.1, 0.15) is 45.2 Å². The maximum atomic E-state index is 6.71. The minimum Gasteiger partial charge on any atom is -0.491 e. The van der Waals surface area contributed by atoms with Gasteiger partial charge in [0.05, 0.1) is 106 Å². The highest BCUT2D eigenvalue weighted by atomic mass is 16.6. The van der Waals surface area contributed by atoms with Crippen molar-refractivity contribution < 1.29 is 94.7 Å². The molecule has 20 rings (SSSR count). The number of hydrogen-bond acceptors (Lipinski definition) is 20. The van der Waals surface area contributed by atoms with Gasteiger partial charge in [-0.2, -0.15) is 0 Å². The maximum absolute atomic E-state index is 6.71. The van der Waals surface area contributed by atoms with Crippen molar-refractivity contribution in [3.05, 3.63) is 312 Å². The fourth-order valence-corrected chi connectivity index (χ4v) is 15.1. The van der Waals surface area contributed by atoms with Gasteiger partial charge in [-0.25, -0.2) is 0 Å². The highest BCUT2D eigenvalue weighted by Crippen LogP contribution is 2.48. The Kier molecular flexibility index (Phi) is 27.6. The number of benzene rings is 12. The Balaban J connectivity index is 0.000000167. The van der Waals surface area contributed by atoms with Crippen molar-refractivity contribution in [1.29, 1.82) is 0 Å². The quantitative estimate of drug-likeness (QED) is 0.0197. The third-order valence-electron chi connectivity index (χ3n) is 22.9. The van der Waals surface area contributed by atoms with E-state index in [9.17, 15) is 0 Å². The SMILES string of the molecule is c1ccc(-c2ccc(C(c3cc(-c4ccc(OCC5CO5)cc4)ccc3OCC3CO3)c3cc(-c4ccc(OCC5CO5)cc4)ccc3OCC3CO3)cc2)cc1.c1ccc(-c2ccc(C(c3cc(-c4ccc(OCCOCC5CO5)cc4)ccc3OCCOCC3CO3)c3cc(-c4ccc(OCCOCC5CO5)cc4)ccc3OCCOCC3CO3)cc2)cc1. The van der Waals surface area contributed by atoms with Crippen LogP contribution in [0.15, 0.2) is 279 Å². The summed E-state index contributed by atoms with van der Waals surface area (Å²) in [5.74, 6) is 5.70. The third-order valence-corrected chi connectivity index (χ3v) is 22.9. The third kappa shape index (κ3) is 24.2. The van der Waals surface area contributed by atoms with Crippen molar-refractivity contribution in [2.45, 2.75) is 60.7 Å². The van der Waals surface area contributed by atoms with E-state index in [4.69, 9.17) is 94.7 Å². The molecule has 0 aliphatic carbocycles. The van der Waals surface area contributed by atoms with Crippen LogP contribution in [0.25, 0.3) is 66.8 Å². The van der Waals surface area contributed by atoms with Crippen LogP contribution >= 0.6 is 0 Å². The normalized spacial score (nSPS) is 19.8. The molecule has 8 aliphatic heterocycles. The van der Waals surface area contributed by atoms with Crippen LogP contribution < -0.4 is 37.9 Å². The highest BCUT2D eigenvalue weighted by Gasteiger charge is 2.34. The lowest BCUT2D eigenvalue weighted by Gasteiger charge is -2.26. The lowest BCUT2D eigenvalue weighted by atomic mass is 9.81. The van der Waals surface area contributed by atoms with Crippen molar-refractivity contribution in [2.24, 2.45) is 0 Å². The van der Waals surface area contributed by atoms with E-state index in [2.05, 4.69) is 218 Å². The van der Waals surface area contributed by atoms with Crippen LogP contribution in [0, 0.1) is 0 Å². The fraction of sp³-hybridized carbons (Fsp3) is 0.321. The summed E-state index contributed by atoms with van der Waals surface area (Å²) in [6.07, 6.45) is 1.39. The molecule has 648 valence electrons. The monoisotopic (exact) mass is 1700 g/mol. The van der Waals surface area contributed by atoms with Crippen LogP contribution in [0.4, 0.5) is 0 Å². The molecule has 8 unspecified atom stereocenters. The number of ether oxygens (including phenoxy) is 20. The Bertz CT molecular complexity index is 5200. The second-order valence-electron chi connectivity index (χ2n) is 32.5. The van der Waals surface area contributed by atoms with E-state index in [0.717, 1.165) is 180 Å². The Labute approximate surface area is 735 Å². The molecule has 0 radical (unpaired) electrons. The molecule has 12 aromatic rings.